The Morgan fingerprint density at radius 3 is 2.71 bits per heavy atom. The van der Waals surface area contributed by atoms with E-state index < -0.39 is 11.9 Å². The first-order valence-corrected chi connectivity index (χ1v) is 12.9. The van der Waals surface area contributed by atoms with Gasteiger partial charge in [-0.2, -0.15) is 16.9 Å². The largest absolute Gasteiger partial charge is 0.461 e. The summed E-state index contributed by atoms with van der Waals surface area (Å²) in [7, 11) is 1.88. The average molecular weight is 485 g/mol. The lowest BCUT2D eigenvalue weighted by atomic mass is 9.79. The van der Waals surface area contributed by atoms with Gasteiger partial charge in [0.05, 0.1) is 22.1 Å². The molecule has 182 valence electrons. The number of fused-ring (bicyclic) bond motifs is 1. The third-order valence-electron chi connectivity index (χ3n) is 6.57. The van der Waals surface area contributed by atoms with Gasteiger partial charge in [0, 0.05) is 41.6 Å². The number of nitrogens with one attached hydrogen (secondary N) is 1. The van der Waals surface area contributed by atoms with Crippen LogP contribution in [0, 0.1) is 10.1 Å². The van der Waals surface area contributed by atoms with Crippen molar-refractivity contribution in [2.75, 3.05) is 17.7 Å². The van der Waals surface area contributed by atoms with E-state index >= 15 is 0 Å². The van der Waals surface area contributed by atoms with Gasteiger partial charge in [-0.05, 0) is 25.0 Å². The van der Waals surface area contributed by atoms with Crippen LogP contribution < -0.4 is 5.32 Å². The number of rotatable bonds is 8. The zero-order chi connectivity index (χ0) is 24.4. The summed E-state index contributed by atoms with van der Waals surface area (Å²) in [6.07, 6.45) is 4.33. The second-order valence-corrected chi connectivity index (χ2v) is 10.9. The van der Waals surface area contributed by atoms with E-state index in [1.54, 1.807) is 34.6 Å². The zero-order valence-corrected chi connectivity index (χ0v) is 21.0. The first-order chi connectivity index (χ1) is 16.3. The molecule has 1 unspecified atom stereocenters. The van der Waals surface area contributed by atoms with Crippen LogP contribution in [-0.4, -0.2) is 38.3 Å². The second kappa shape index (κ2) is 10.2. The van der Waals surface area contributed by atoms with Gasteiger partial charge < -0.3 is 10.1 Å². The van der Waals surface area contributed by atoms with E-state index in [1.165, 1.54) is 6.07 Å². The number of benzene rings is 1. The summed E-state index contributed by atoms with van der Waals surface area (Å²) in [6.45, 7) is 6.32. The van der Waals surface area contributed by atoms with Crippen LogP contribution >= 0.6 is 11.8 Å². The van der Waals surface area contributed by atoms with Crippen molar-refractivity contribution in [3.8, 4) is 0 Å². The minimum absolute atomic E-state index is 0.00459. The molecule has 2 aliphatic rings. The third kappa shape index (κ3) is 4.71. The molecule has 1 aromatic heterocycles. The number of allylic oxidation sites excluding steroid dienone is 1. The molecule has 0 saturated heterocycles. The summed E-state index contributed by atoms with van der Waals surface area (Å²) in [6, 6.07) is 6.69. The maximum absolute atomic E-state index is 13.4. The number of aromatic nitrogens is 2. The summed E-state index contributed by atoms with van der Waals surface area (Å²) in [4.78, 5) is 25.1. The fraction of sp³-hybridized carbons (Fsp3) is 0.520. The van der Waals surface area contributed by atoms with Gasteiger partial charge in [0.1, 0.15) is 12.4 Å². The molecule has 2 aromatic rings. The van der Waals surface area contributed by atoms with Crippen molar-refractivity contribution in [3.05, 3.63) is 62.5 Å². The summed E-state index contributed by atoms with van der Waals surface area (Å²) in [5.74, 6) is 0.705. The van der Waals surface area contributed by atoms with Crippen molar-refractivity contribution in [2.24, 2.45) is 7.05 Å². The number of nitro groups is 1. The number of hydrogen-bond donors (Lipinski definition) is 1. The summed E-state index contributed by atoms with van der Waals surface area (Å²) >= 11 is 1.72. The van der Waals surface area contributed by atoms with Gasteiger partial charge in [0.15, 0.2) is 0 Å². The fourth-order valence-corrected chi connectivity index (χ4v) is 5.73. The molecule has 4 rings (SSSR count). The number of thioether (sulfide) groups is 1. The molecule has 1 N–H and O–H groups in total. The van der Waals surface area contributed by atoms with Crippen LogP contribution in [0.4, 0.5) is 11.5 Å². The van der Waals surface area contributed by atoms with Gasteiger partial charge >= 0.3 is 5.97 Å². The van der Waals surface area contributed by atoms with E-state index in [1.807, 2.05) is 14.0 Å². The maximum Gasteiger partial charge on any atom is 0.336 e. The summed E-state index contributed by atoms with van der Waals surface area (Å²) < 4.78 is 7.49. The minimum Gasteiger partial charge on any atom is -0.461 e. The predicted molar refractivity (Wildman–Crippen MR) is 134 cm³/mol. The van der Waals surface area contributed by atoms with Crippen molar-refractivity contribution < 1.29 is 14.5 Å². The standard InChI is InChI=1S/C25H32N4O4S/c1-15(2)34-14-13-33-25(30)20-16(3)26-24-22(23(27-28(24)4)17-9-5-6-10-17)21(20)18-11-7-8-12-19(18)29(31)32/h7-8,11-12,15,17,21,26H,5-6,9-10,13-14H2,1-4H3. The van der Waals surface area contributed by atoms with Crippen molar-refractivity contribution >= 4 is 29.2 Å². The van der Waals surface area contributed by atoms with Crippen molar-refractivity contribution in [1.29, 1.82) is 0 Å². The predicted octanol–water partition coefficient (Wildman–Crippen LogP) is 5.50. The van der Waals surface area contributed by atoms with E-state index in [0.29, 0.717) is 27.8 Å². The molecule has 1 aliphatic heterocycles. The molecule has 1 fully saturated rings. The van der Waals surface area contributed by atoms with E-state index in [4.69, 9.17) is 9.84 Å². The highest BCUT2D eigenvalue weighted by molar-refractivity contribution is 7.99. The Labute approximate surface area is 204 Å². The van der Waals surface area contributed by atoms with Gasteiger partial charge in [-0.25, -0.2) is 4.79 Å². The van der Waals surface area contributed by atoms with Crippen LogP contribution in [0.3, 0.4) is 0 Å². The minimum atomic E-state index is -0.618. The molecule has 1 atom stereocenters. The number of anilines is 1. The maximum atomic E-state index is 13.4. The number of nitro benzene ring substituents is 1. The summed E-state index contributed by atoms with van der Waals surface area (Å²) in [5, 5.41) is 20.7. The molecule has 8 nitrogen and oxygen atoms in total. The Morgan fingerprint density at radius 1 is 1.32 bits per heavy atom. The van der Waals surface area contributed by atoms with E-state index in [-0.39, 0.29) is 23.1 Å². The van der Waals surface area contributed by atoms with E-state index in [2.05, 4.69) is 19.2 Å². The van der Waals surface area contributed by atoms with Crippen LogP contribution in [0.15, 0.2) is 35.5 Å². The molecule has 1 aromatic carbocycles. The van der Waals surface area contributed by atoms with Gasteiger partial charge in [0.2, 0.25) is 0 Å². The molecular weight excluding hydrogens is 452 g/mol. The average Bonchev–Trinajstić information content (AvgIpc) is 3.44. The Balaban J connectivity index is 1.82. The van der Waals surface area contributed by atoms with Crippen molar-refractivity contribution in [2.45, 2.75) is 63.5 Å². The zero-order valence-electron chi connectivity index (χ0n) is 20.2. The van der Waals surface area contributed by atoms with E-state index in [9.17, 15) is 14.9 Å². The molecule has 34 heavy (non-hydrogen) atoms. The number of nitrogens with zero attached hydrogens (tertiary/aromatic N) is 3. The molecule has 0 bridgehead atoms. The van der Waals surface area contributed by atoms with Crippen molar-refractivity contribution in [3.63, 3.8) is 0 Å². The topological polar surface area (TPSA) is 99.3 Å². The molecule has 1 saturated carbocycles. The summed E-state index contributed by atoms with van der Waals surface area (Å²) in [5.41, 5.74) is 3.33. The molecule has 0 radical (unpaired) electrons. The number of para-hydroxylation sites is 1. The quantitative estimate of drug-likeness (QED) is 0.228. The van der Waals surface area contributed by atoms with Gasteiger partial charge in [-0.3, -0.25) is 14.8 Å². The highest BCUT2D eigenvalue weighted by atomic mass is 32.2. The van der Waals surface area contributed by atoms with Crippen LogP contribution in [0.25, 0.3) is 0 Å². The molecular formula is C25H32N4O4S. The Kier molecular flexibility index (Phi) is 7.30. The second-order valence-electron chi connectivity index (χ2n) is 9.22. The molecule has 0 amide bonds. The number of esters is 1. The lowest BCUT2D eigenvalue weighted by molar-refractivity contribution is -0.385. The number of aryl methyl sites for hydroxylation is 1. The van der Waals surface area contributed by atoms with Crippen LogP contribution in [0.2, 0.25) is 0 Å². The lowest BCUT2D eigenvalue weighted by Crippen LogP contribution is -2.26. The SMILES string of the molecule is CC1=C(C(=O)OCCSC(C)C)C(c2ccccc2[N+](=O)[O-])c2c(C3CCCC3)nn(C)c2N1. The van der Waals surface area contributed by atoms with Gasteiger partial charge in [-0.15, -0.1) is 0 Å². The molecule has 2 heterocycles. The monoisotopic (exact) mass is 484 g/mol. The van der Waals surface area contributed by atoms with Gasteiger partial charge in [0.25, 0.3) is 5.69 Å². The molecule has 9 heteroatoms. The Hall–Kier alpha value is -2.81. The number of hydrogen-bond acceptors (Lipinski definition) is 7. The number of ether oxygens (including phenoxy) is 1. The molecule has 0 spiro atoms. The normalized spacial score (nSPS) is 18.2. The Morgan fingerprint density at radius 2 is 2.03 bits per heavy atom. The number of carbonyl (C=O) groups is 1. The Bertz CT molecular complexity index is 1120. The molecule has 1 aliphatic carbocycles. The lowest BCUT2D eigenvalue weighted by Gasteiger charge is -2.29. The third-order valence-corrected chi connectivity index (χ3v) is 7.64. The first kappa shape index (κ1) is 24.3. The fourth-order valence-electron chi connectivity index (χ4n) is 5.08. The van der Waals surface area contributed by atoms with Crippen molar-refractivity contribution in [1.82, 2.24) is 9.78 Å². The van der Waals surface area contributed by atoms with Gasteiger partial charge in [-0.1, -0.05) is 44.9 Å². The van der Waals surface area contributed by atoms with Crippen LogP contribution in [0.1, 0.15) is 75.1 Å². The van der Waals surface area contributed by atoms with E-state index in [0.717, 1.165) is 42.8 Å². The number of carbonyl (C=O) groups excluding carboxylic acids is 1. The van der Waals surface area contributed by atoms with Crippen LogP contribution in [-0.2, 0) is 16.6 Å². The first-order valence-electron chi connectivity index (χ1n) is 11.9. The van der Waals surface area contributed by atoms with Crippen LogP contribution in [0.5, 0.6) is 0 Å². The smallest absolute Gasteiger partial charge is 0.336 e. The highest BCUT2D eigenvalue weighted by Gasteiger charge is 2.41. The highest BCUT2D eigenvalue weighted by Crippen LogP contribution is 2.49.